The highest BCUT2D eigenvalue weighted by Gasteiger charge is 2.31. The second-order valence-electron chi connectivity index (χ2n) is 9.47. The number of hydrogen-bond acceptors (Lipinski definition) is 8. The molecule has 0 spiro atoms. The number of ether oxygens (including phenoxy) is 4. The Kier molecular flexibility index (Phi) is 10.2. The predicted molar refractivity (Wildman–Crippen MR) is 175 cm³/mol. The number of thiazole rings is 1. The van der Waals surface area contributed by atoms with Crippen molar-refractivity contribution in [2.45, 2.75) is 26.5 Å². The fraction of sp³-hybridized carbons (Fsp3) is 0.219. The van der Waals surface area contributed by atoms with Gasteiger partial charge in [0.1, 0.15) is 12.4 Å². The number of hydrogen-bond donors (Lipinski definition) is 0. The molecule has 44 heavy (non-hydrogen) atoms. The van der Waals surface area contributed by atoms with Crippen LogP contribution < -0.4 is 29.1 Å². The summed E-state index contributed by atoms with van der Waals surface area (Å²) in [6, 6.07) is 15.5. The van der Waals surface area contributed by atoms with Crippen LogP contribution in [-0.2, 0) is 16.1 Å². The average molecular weight is 718 g/mol. The Bertz CT molecular complexity index is 1920. The van der Waals surface area contributed by atoms with Gasteiger partial charge in [0, 0.05) is 21.3 Å². The number of carbonyl (C=O) groups excluding carboxylic acids is 1. The van der Waals surface area contributed by atoms with Gasteiger partial charge in [-0.1, -0.05) is 68.7 Å². The summed E-state index contributed by atoms with van der Waals surface area (Å²) in [6.45, 7) is 4.85. The first-order valence-electron chi connectivity index (χ1n) is 13.6. The molecule has 1 aliphatic rings. The Morgan fingerprint density at radius 3 is 2.45 bits per heavy atom. The molecule has 0 amide bonds. The number of nitrogens with zero attached hydrogens (tertiary/aromatic N) is 2. The van der Waals surface area contributed by atoms with Gasteiger partial charge in [-0.3, -0.25) is 9.36 Å². The lowest BCUT2D eigenvalue weighted by Crippen LogP contribution is -2.39. The number of aromatic nitrogens is 1. The second-order valence-corrected chi connectivity index (χ2v) is 12.2. The zero-order chi connectivity index (χ0) is 31.4. The van der Waals surface area contributed by atoms with Crippen LogP contribution >= 0.6 is 50.5 Å². The van der Waals surface area contributed by atoms with Crippen LogP contribution in [0.25, 0.3) is 6.08 Å². The van der Waals surface area contributed by atoms with Crippen molar-refractivity contribution in [2.24, 2.45) is 4.99 Å². The number of methoxy groups -OCH3 is 1. The Morgan fingerprint density at radius 2 is 1.75 bits per heavy atom. The van der Waals surface area contributed by atoms with Gasteiger partial charge in [0.25, 0.3) is 5.56 Å². The van der Waals surface area contributed by atoms with Gasteiger partial charge in [0.15, 0.2) is 16.3 Å². The Balaban J connectivity index is 1.62. The van der Waals surface area contributed by atoms with E-state index in [2.05, 4.69) is 20.9 Å². The van der Waals surface area contributed by atoms with Gasteiger partial charge in [-0.15, -0.1) is 0 Å². The van der Waals surface area contributed by atoms with Crippen molar-refractivity contribution in [2.75, 3.05) is 20.3 Å². The summed E-state index contributed by atoms with van der Waals surface area (Å²) < 4.78 is 25.5. The third-order valence-corrected chi connectivity index (χ3v) is 8.65. The number of rotatable bonds is 10. The topological polar surface area (TPSA) is 88.4 Å². The van der Waals surface area contributed by atoms with Gasteiger partial charge >= 0.3 is 5.97 Å². The number of esters is 1. The Labute approximate surface area is 275 Å². The summed E-state index contributed by atoms with van der Waals surface area (Å²) in [6.07, 6.45) is 3.10. The molecule has 0 saturated carbocycles. The minimum absolute atomic E-state index is 0.197. The third-order valence-electron chi connectivity index (χ3n) is 6.63. The molecule has 0 radical (unpaired) electrons. The lowest BCUT2D eigenvalue weighted by atomic mass is 9.97. The second kappa shape index (κ2) is 14.0. The smallest absolute Gasteiger partial charge is 0.337 e. The molecular weight excluding hydrogens is 691 g/mol. The molecule has 0 fully saturated rings. The SMILES string of the molecule is CCOc1ccc([C@@H]2C(C(=O)OC)=CN=c3s/c(=C/c4cc(Cl)cc(Cl)c4OCc4ccc(Br)cc4)c(=O)n32)cc1OCC. The molecule has 228 valence electrons. The zero-order valence-electron chi connectivity index (χ0n) is 23.9. The summed E-state index contributed by atoms with van der Waals surface area (Å²) in [5.41, 5.74) is 1.91. The van der Waals surface area contributed by atoms with E-state index in [1.165, 1.54) is 29.2 Å². The predicted octanol–water partition coefficient (Wildman–Crippen LogP) is 6.46. The maximum atomic E-state index is 14.1. The fourth-order valence-electron chi connectivity index (χ4n) is 4.70. The van der Waals surface area contributed by atoms with Gasteiger partial charge in [0.05, 0.1) is 41.5 Å². The standard InChI is InChI=1S/C32H27BrCl2N2O6S/c1-4-41-25-11-8-19(13-26(25)42-5-2)28-23(31(39)40-3)16-36-32-37(28)30(38)27(44-32)14-20-12-22(34)15-24(35)29(20)43-17-18-6-9-21(33)10-7-18/h6-16,28H,4-5,17H2,1-3H3/b27-14+/t28-/m1/s1. The van der Waals surface area contributed by atoms with Crippen molar-refractivity contribution in [3.05, 3.63) is 117 Å². The molecule has 3 aromatic carbocycles. The van der Waals surface area contributed by atoms with Crippen molar-refractivity contribution < 1.29 is 23.7 Å². The molecule has 0 N–H and O–H groups in total. The fourth-order valence-corrected chi connectivity index (χ4v) is 6.49. The van der Waals surface area contributed by atoms with E-state index in [9.17, 15) is 9.59 Å². The molecule has 0 aliphatic carbocycles. The number of halogens is 3. The molecule has 1 atom stereocenters. The van der Waals surface area contributed by atoms with Crippen molar-refractivity contribution in [1.82, 2.24) is 4.57 Å². The molecule has 0 unspecified atom stereocenters. The average Bonchev–Trinajstić information content (AvgIpc) is 3.32. The van der Waals surface area contributed by atoms with Crippen molar-refractivity contribution >= 4 is 62.5 Å². The third kappa shape index (κ3) is 6.73. The minimum atomic E-state index is -0.827. The summed E-state index contributed by atoms with van der Waals surface area (Å²) in [5, 5.41) is 0.686. The summed E-state index contributed by atoms with van der Waals surface area (Å²) in [4.78, 5) is 31.8. The van der Waals surface area contributed by atoms with Crippen LogP contribution in [0, 0.1) is 0 Å². The van der Waals surface area contributed by atoms with Crippen LogP contribution in [0.1, 0.15) is 36.6 Å². The first kappa shape index (κ1) is 31.8. The molecule has 8 nitrogen and oxygen atoms in total. The van der Waals surface area contributed by atoms with Crippen LogP contribution in [0.5, 0.6) is 17.2 Å². The zero-order valence-corrected chi connectivity index (χ0v) is 27.8. The molecule has 1 aliphatic heterocycles. The van der Waals surface area contributed by atoms with E-state index < -0.39 is 12.0 Å². The first-order chi connectivity index (χ1) is 21.2. The molecule has 1 aromatic heterocycles. The molecular formula is C32H27BrCl2N2O6S. The number of benzene rings is 3. The van der Waals surface area contributed by atoms with E-state index in [-0.39, 0.29) is 17.7 Å². The van der Waals surface area contributed by atoms with E-state index >= 15 is 0 Å². The van der Waals surface area contributed by atoms with Crippen molar-refractivity contribution in [1.29, 1.82) is 0 Å². The van der Waals surface area contributed by atoms with Crippen LogP contribution in [0.2, 0.25) is 10.0 Å². The minimum Gasteiger partial charge on any atom is -0.490 e. The Morgan fingerprint density at radius 1 is 1.02 bits per heavy atom. The quantitative estimate of drug-likeness (QED) is 0.175. The van der Waals surface area contributed by atoms with Gasteiger partial charge in [-0.05, 0) is 67.4 Å². The van der Waals surface area contributed by atoms with Gasteiger partial charge in [0.2, 0.25) is 0 Å². The number of carbonyl (C=O) groups is 1. The highest BCUT2D eigenvalue weighted by Crippen LogP contribution is 2.36. The van der Waals surface area contributed by atoms with Crippen LogP contribution in [0.3, 0.4) is 0 Å². The first-order valence-corrected chi connectivity index (χ1v) is 16.0. The molecule has 2 heterocycles. The van der Waals surface area contributed by atoms with Crippen LogP contribution in [-0.4, -0.2) is 30.9 Å². The highest BCUT2D eigenvalue weighted by molar-refractivity contribution is 9.10. The van der Waals surface area contributed by atoms with Gasteiger partial charge < -0.3 is 18.9 Å². The molecule has 0 saturated heterocycles. The van der Waals surface area contributed by atoms with Crippen molar-refractivity contribution in [3.63, 3.8) is 0 Å². The lowest BCUT2D eigenvalue weighted by Gasteiger charge is -2.23. The number of fused-ring (bicyclic) bond motifs is 1. The van der Waals surface area contributed by atoms with E-state index in [1.807, 2.05) is 38.1 Å². The van der Waals surface area contributed by atoms with E-state index in [1.54, 1.807) is 36.4 Å². The molecule has 0 bridgehead atoms. The Hall–Kier alpha value is -3.57. The molecule has 5 rings (SSSR count). The van der Waals surface area contributed by atoms with Crippen molar-refractivity contribution in [3.8, 4) is 17.2 Å². The monoisotopic (exact) mass is 716 g/mol. The normalized spacial score (nSPS) is 14.4. The largest absolute Gasteiger partial charge is 0.490 e. The molecule has 4 aromatic rings. The summed E-state index contributed by atoms with van der Waals surface area (Å²) >= 11 is 17.5. The highest BCUT2D eigenvalue weighted by atomic mass is 79.9. The molecule has 12 heteroatoms. The van der Waals surface area contributed by atoms with Crippen LogP contribution in [0.4, 0.5) is 0 Å². The van der Waals surface area contributed by atoms with E-state index in [4.69, 9.17) is 42.1 Å². The lowest BCUT2D eigenvalue weighted by molar-refractivity contribution is -0.136. The maximum Gasteiger partial charge on any atom is 0.337 e. The van der Waals surface area contributed by atoms with Crippen LogP contribution in [0.15, 0.2) is 80.6 Å². The van der Waals surface area contributed by atoms with Gasteiger partial charge in [-0.25, -0.2) is 9.79 Å². The van der Waals surface area contributed by atoms with E-state index in [0.29, 0.717) is 61.0 Å². The summed E-state index contributed by atoms with van der Waals surface area (Å²) in [5.74, 6) is 0.827. The summed E-state index contributed by atoms with van der Waals surface area (Å²) in [7, 11) is 1.29. The maximum absolute atomic E-state index is 14.1. The van der Waals surface area contributed by atoms with E-state index in [0.717, 1.165) is 10.0 Å². The van der Waals surface area contributed by atoms with Gasteiger partial charge in [-0.2, -0.15) is 0 Å².